The Balaban J connectivity index is 1.29. The first-order valence-electron chi connectivity index (χ1n) is 13.2. The van der Waals surface area contributed by atoms with Crippen LogP contribution in [0.5, 0.6) is 0 Å². The van der Waals surface area contributed by atoms with Crippen LogP contribution in [0.1, 0.15) is 73.3 Å². The first-order chi connectivity index (χ1) is 18.4. The van der Waals surface area contributed by atoms with Gasteiger partial charge >= 0.3 is 5.97 Å². The van der Waals surface area contributed by atoms with E-state index in [0.29, 0.717) is 51.6 Å². The molecule has 0 saturated carbocycles. The number of para-hydroxylation sites is 1. The second-order valence-electron chi connectivity index (χ2n) is 10.3. The quantitative estimate of drug-likeness (QED) is 0.224. The number of aromatic amines is 1. The van der Waals surface area contributed by atoms with Crippen LogP contribution in [0.2, 0.25) is 0 Å². The van der Waals surface area contributed by atoms with Crippen LogP contribution in [-0.2, 0) is 4.79 Å². The fourth-order valence-corrected chi connectivity index (χ4v) is 9.02. The Hall–Kier alpha value is -2.56. The van der Waals surface area contributed by atoms with Crippen LogP contribution < -0.4 is 11.1 Å². The number of H-pyrrole nitrogens is 1. The maximum atomic E-state index is 15.4. The number of imidazole rings is 1. The number of benzene rings is 2. The number of amides is 1. The number of halogens is 1. The van der Waals surface area contributed by atoms with Crippen molar-refractivity contribution in [3.05, 3.63) is 53.3 Å². The molecular weight excluding hydrogens is 523 g/mol. The molecule has 4 unspecified atom stereocenters. The van der Waals surface area contributed by atoms with E-state index in [9.17, 15) is 9.59 Å². The van der Waals surface area contributed by atoms with E-state index >= 15 is 4.39 Å². The Kier molecular flexibility index (Phi) is 8.60. The van der Waals surface area contributed by atoms with E-state index < -0.39 is 11.9 Å². The fourth-order valence-electron chi connectivity index (χ4n) is 5.77. The van der Waals surface area contributed by atoms with Crippen molar-refractivity contribution in [2.24, 2.45) is 11.7 Å². The molecule has 1 amide bonds. The summed E-state index contributed by atoms with van der Waals surface area (Å²) in [6.07, 6.45) is 7.17. The molecule has 0 aliphatic carbocycles. The molecule has 2 fully saturated rings. The molecule has 2 saturated heterocycles. The summed E-state index contributed by atoms with van der Waals surface area (Å²) in [5, 5.41) is 13.4. The van der Waals surface area contributed by atoms with Crippen molar-refractivity contribution in [3.63, 3.8) is 0 Å². The minimum absolute atomic E-state index is 0.0692. The number of carbonyl (C=O) groups excluding carboxylic acids is 1. The molecule has 5 rings (SSSR count). The topological polar surface area (TPSA) is 121 Å². The van der Waals surface area contributed by atoms with E-state index in [0.717, 1.165) is 43.4 Å². The highest BCUT2D eigenvalue weighted by Gasteiger charge is 2.31. The number of nitrogens with one attached hydrogen (secondary N) is 2. The SMILES string of the molecule is NC(=O)c1cccc2[nH]c(-c3ccc(C4CCCC(CC(CCCC(=O)O)C5CCSS5)N4)cc3F)nc12. The number of aliphatic carboxylic acids is 1. The van der Waals surface area contributed by atoms with Crippen molar-refractivity contribution in [1.29, 1.82) is 0 Å². The number of nitrogens with zero attached hydrogens (tertiary/aromatic N) is 1. The molecule has 0 bridgehead atoms. The number of nitrogens with two attached hydrogens (primary N) is 1. The number of primary amides is 1. The molecule has 2 aromatic carbocycles. The van der Waals surface area contributed by atoms with Gasteiger partial charge in [0, 0.05) is 29.5 Å². The molecule has 7 nitrogen and oxygen atoms in total. The zero-order valence-electron chi connectivity index (χ0n) is 21.1. The number of fused-ring (bicyclic) bond motifs is 1. The minimum Gasteiger partial charge on any atom is -0.481 e. The molecule has 0 spiro atoms. The van der Waals surface area contributed by atoms with Gasteiger partial charge in [-0.2, -0.15) is 0 Å². The predicted molar refractivity (Wildman–Crippen MR) is 152 cm³/mol. The first kappa shape index (κ1) is 27.0. The molecule has 3 heterocycles. The van der Waals surface area contributed by atoms with Crippen LogP contribution in [0.4, 0.5) is 4.39 Å². The Morgan fingerprint density at radius 1 is 1.21 bits per heavy atom. The molecule has 1 aromatic heterocycles. The summed E-state index contributed by atoms with van der Waals surface area (Å²) in [5.74, 6) is 0.349. The summed E-state index contributed by atoms with van der Waals surface area (Å²) in [7, 11) is 3.88. The number of aromatic nitrogens is 2. The van der Waals surface area contributed by atoms with Crippen molar-refractivity contribution >= 4 is 44.5 Å². The standard InChI is InChI=1S/C28H33FN4O3S2/c29-21-15-16(10-11-19(21)28-32-23-8-3-6-20(27(30)36)26(23)33-28)22-7-2-5-18(31-22)14-17(4-1-9-25(34)35)24-12-13-37-38-24/h3,6,8,10-11,15,17-18,22,24,31H,1-2,4-5,7,9,12-14H2,(H2,30,36)(H,32,33)(H,34,35). The number of rotatable bonds is 10. The molecule has 10 heteroatoms. The maximum Gasteiger partial charge on any atom is 0.303 e. The van der Waals surface area contributed by atoms with Gasteiger partial charge in [0.1, 0.15) is 17.2 Å². The van der Waals surface area contributed by atoms with Gasteiger partial charge in [-0.25, -0.2) is 9.37 Å². The molecular formula is C28H33FN4O3S2. The van der Waals surface area contributed by atoms with Gasteiger partial charge in [-0.05, 0) is 74.3 Å². The second kappa shape index (κ2) is 12.1. The van der Waals surface area contributed by atoms with Gasteiger partial charge in [0.2, 0.25) is 0 Å². The summed E-state index contributed by atoms with van der Waals surface area (Å²) in [4.78, 5) is 30.4. The zero-order valence-corrected chi connectivity index (χ0v) is 22.8. The largest absolute Gasteiger partial charge is 0.481 e. The lowest BCUT2D eigenvalue weighted by Gasteiger charge is -2.35. The number of carboxylic acid groups (broad SMARTS) is 1. The zero-order chi connectivity index (χ0) is 26.6. The Morgan fingerprint density at radius 2 is 2.08 bits per heavy atom. The maximum absolute atomic E-state index is 15.4. The van der Waals surface area contributed by atoms with E-state index in [2.05, 4.69) is 15.3 Å². The van der Waals surface area contributed by atoms with Crippen molar-refractivity contribution in [1.82, 2.24) is 15.3 Å². The van der Waals surface area contributed by atoms with Crippen LogP contribution in [-0.4, -0.2) is 44.0 Å². The number of carbonyl (C=O) groups is 2. The Labute approximate surface area is 229 Å². The summed E-state index contributed by atoms with van der Waals surface area (Å²) < 4.78 is 15.4. The average molecular weight is 557 g/mol. The lowest BCUT2D eigenvalue weighted by molar-refractivity contribution is -0.137. The molecule has 2 aliphatic rings. The summed E-state index contributed by atoms with van der Waals surface area (Å²) in [6.45, 7) is 0. The molecule has 4 atom stereocenters. The molecule has 2 aliphatic heterocycles. The van der Waals surface area contributed by atoms with Gasteiger partial charge in [-0.1, -0.05) is 40.1 Å². The van der Waals surface area contributed by atoms with Crippen LogP contribution in [0.25, 0.3) is 22.4 Å². The Morgan fingerprint density at radius 3 is 2.82 bits per heavy atom. The molecule has 202 valence electrons. The Bertz CT molecular complexity index is 1310. The summed E-state index contributed by atoms with van der Waals surface area (Å²) in [6, 6.07) is 10.8. The summed E-state index contributed by atoms with van der Waals surface area (Å²) in [5.41, 5.74) is 8.11. The fraction of sp³-hybridized carbons (Fsp3) is 0.464. The van der Waals surface area contributed by atoms with E-state index in [1.807, 2.05) is 27.7 Å². The van der Waals surface area contributed by atoms with Crippen molar-refractivity contribution < 1.29 is 19.1 Å². The number of carboxylic acids is 1. The molecule has 38 heavy (non-hydrogen) atoms. The third-order valence-electron chi connectivity index (χ3n) is 7.67. The third kappa shape index (κ3) is 6.18. The molecule has 5 N–H and O–H groups in total. The normalized spacial score (nSPS) is 22.5. The number of piperidine rings is 1. The van der Waals surface area contributed by atoms with Crippen LogP contribution in [0, 0.1) is 11.7 Å². The van der Waals surface area contributed by atoms with Crippen molar-refractivity contribution in [2.75, 3.05) is 5.75 Å². The molecule has 0 radical (unpaired) electrons. The van der Waals surface area contributed by atoms with Gasteiger partial charge in [-0.15, -0.1) is 0 Å². The summed E-state index contributed by atoms with van der Waals surface area (Å²) >= 11 is 0. The van der Waals surface area contributed by atoms with Crippen molar-refractivity contribution in [2.45, 2.75) is 68.7 Å². The van der Waals surface area contributed by atoms with Gasteiger partial charge in [0.05, 0.1) is 16.6 Å². The lowest BCUT2D eigenvalue weighted by atomic mass is 9.84. The van der Waals surface area contributed by atoms with Crippen LogP contribution >= 0.6 is 21.6 Å². The number of hydrogen-bond donors (Lipinski definition) is 4. The smallest absolute Gasteiger partial charge is 0.303 e. The molecule has 3 aromatic rings. The van der Waals surface area contributed by atoms with E-state index in [4.69, 9.17) is 10.8 Å². The highest BCUT2D eigenvalue weighted by molar-refractivity contribution is 8.77. The third-order valence-corrected chi connectivity index (χ3v) is 10.7. The van der Waals surface area contributed by atoms with E-state index in [1.165, 1.54) is 6.42 Å². The average Bonchev–Trinajstić information content (AvgIpc) is 3.58. The van der Waals surface area contributed by atoms with Gasteiger partial charge < -0.3 is 21.1 Å². The lowest BCUT2D eigenvalue weighted by Crippen LogP contribution is -2.39. The van der Waals surface area contributed by atoms with Crippen molar-refractivity contribution in [3.8, 4) is 11.4 Å². The van der Waals surface area contributed by atoms with Gasteiger partial charge in [-0.3, -0.25) is 9.59 Å². The van der Waals surface area contributed by atoms with E-state index in [-0.39, 0.29) is 18.3 Å². The van der Waals surface area contributed by atoms with Gasteiger partial charge in [0.25, 0.3) is 5.91 Å². The van der Waals surface area contributed by atoms with Gasteiger partial charge in [0.15, 0.2) is 0 Å². The monoisotopic (exact) mass is 556 g/mol. The van der Waals surface area contributed by atoms with Crippen LogP contribution in [0.15, 0.2) is 36.4 Å². The minimum atomic E-state index is -0.727. The highest BCUT2D eigenvalue weighted by atomic mass is 33.1. The van der Waals surface area contributed by atoms with E-state index in [1.54, 1.807) is 30.3 Å². The first-order valence-corrected chi connectivity index (χ1v) is 15.6. The highest BCUT2D eigenvalue weighted by Crippen LogP contribution is 2.45. The van der Waals surface area contributed by atoms with Crippen LogP contribution in [0.3, 0.4) is 0 Å². The number of hydrogen-bond acceptors (Lipinski definition) is 6. The second-order valence-corrected chi connectivity index (χ2v) is 13.0. The predicted octanol–water partition coefficient (Wildman–Crippen LogP) is 6.07.